The van der Waals surface area contributed by atoms with Crippen LogP contribution in [0.4, 0.5) is 0 Å². The molecular formula is C25H32Cl2N2O3. The molecule has 7 heteroatoms. The number of hydrogen-bond acceptors (Lipinski definition) is 3. The first kappa shape index (κ1) is 26.0. The molecule has 0 radical (unpaired) electrons. The number of carbonyl (C=O) groups excluding carboxylic acids is 2. The van der Waals surface area contributed by atoms with Gasteiger partial charge in [-0.25, -0.2) is 0 Å². The van der Waals surface area contributed by atoms with Crippen molar-refractivity contribution in [3.8, 4) is 5.75 Å². The molecular weight excluding hydrogens is 447 g/mol. The molecule has 2 aromatic rings. The fourth-order valence-electron chi connectivity index (χ4n) is 3.31. The van der Waals surface area contributed by atoms with E-state index in [1.54, 1.807) is 18.2 Å². The largest absolute Gasteiger partial charge is 0.483 e. The summed E-state index contributed by atoms with van der Waals surface area (Å²) in [6.45, 7) is 11.4. The number of aryl methyl sites for hydroxylation is 2. The van der Waals surface area contributed by atoms with E-state index >= 15 is 0 Å². The van der Waals surface area contributed by atoms with Gasteiger partial charge in [0.2, 0.25) is 5.91 Å². The molecule has 0 aromatic heterocycles. The summed E-state index contributed by atoms with van der Waals surface area (Å²) >= 11 is 12.7. The van der Waals surface area contributed by atoms with Crippen LogP contribution in [0.2, 0.25) is 10.0 Å². The standard InChI is InChI=1S/C25H32Cl2N2O3/c1-7-21(24(31)28-25(4,5)6)29(14-18-19(26)9-8-10-20(18)27)23(30)15-32-22-13-16(2)11-12-17(22)3/h8-13,21H,7,14-15H2,1-6H3,(H,28,31)/t21-/m0/s1. The highest BCUT2D eigenvalue weighted by molar-refractivity contribution is 6.36. The average molecular weight is 479 g/mol. The van der Waals surface area contributed by atoms with Crippen LogP contribution >= 0.6 is 23.2 Å². The second-order valence-electron chi connectivity index (χ2n) is 8.94. The third kappa shape index (κ3) is 7.14. The van der Waals surface area contributed by atoms with E-state index in [1.165, 1.54) is 4.90 Å². The van der Waals surface area contributed by atoms with Crippen molar-refractivity contribution < 1.29 is 14.3 Å². The summed E-state index contributed by atoms with van der Waals surface area (Å²) in [6, 6.07) is 10.3. The quantitative estimate of drug-likeness (QED) is 0.528. The molecule has 0 heterocycles. The van der Waals surface area contributed by atoms with Crippen molar-refractivity contribution in [2.24, 2.45) is 0 Å². The first-order valence-electron chi connectivity index (χ1n) is 10.7. The Morgan fingerprint density at radius 1 is 1.09 bits per heavy atom. The van der Waals surface area contributed by atoms with E-state index in [-0.39, 0.29) is 25.0 Å². The van der Waals surface area contributed by atoms with Crippen LogP contribution in [0.25, 0.3) is 0 Å². The van der Waals surface area contributed by atoms with Gasteiger partial charge in [0.05, 0.1) is 0 Å². The average Bonchev–Trinajstić information content (AvgIpc) is 2.69. The van der Waals surface area contributed by atoms with Gasteiger partial charge in [-0.05, 0) is 70.4 Å². The van der Waals surface area contributed by atoms with E-state index in [9.17, 15) is 9.59 Å². The van der Waals surface area contributed by atoms with E-state index in [1.807, 2.05) is 59.7 Å². The molecule has 0 spiro atoms. The van der Waals surface area contributed by atoms with Gasteiger partial charge in [-0.1, -0.05) is 48.3 Å². The van der Waals surface area contributed by atoms with Crippen LogP contribution in [0.1, 0.15) is 50.8 Å². The second-order valence-corrected chi connectivity index (χ2v) is 9.76. The highest BCUT2D eigenvalue weighted by atomic mass is 35.5. The molecule has 0 aliphatic heterocycles. The lowest BCUT2D eigenvalue weighted by Gasteiger charge is -2.33. The molecule has 32 heavy (non-hydrogen) atoms. The molecule has 0 aliphatic rings. The van der Waals surface area contributed by atoms with Gasteiger partial charge < -0.3 is 15.0 Å². The number of nitrogens with one attached hydrogen (secondary N) is 1. The molecule has 2 aromatic carbocycles. The Balaban J connectivity index is 2.34. The maximum absolute atomic E-state index is 13.3. The number of halogens is 2. The van der Waals surface area contributed by atoms with Gasteiger partial charge in [-0.2, -0.15) is 0 Å². The number of ether oxygens (including phenoxy) is 1. The maximum atomic E-state index is 13.3. The topological polar surface area (TPSA) is 58.6 Å². The van der Waals surface area contributed by atoms with Gasteiger partial charge in [0.25, 0.3) is 5.91 Å². The number of benzene rings is 2. The van der Waals surface area contributed by atoms with Gasteiger partial charge >= 0.3 is 0 Å². The van der Waals surface area contributed by atoms with E-state index in [2.05, 4.69) is 5.32 Å². The Kier molecular flexibility index (Phi) is 8.99. The predicted octanol–water partition coefficient (Wildman–Crippen LogP) is 5.71. The third-order valence-corrected chi connectivity index (χ3v) is 5.68. The predicted molar refractivity (Wildman–Crippen MR) is 130 cm³/mol. The minimum Gasteiger partial charge on any atom is -0.483 e. The van der Waals surface area contributed by atoms with E-state index in [0.29, 0.717) is 27.8 Å². The molecule has 1 N–H and O–H groups in total. The van der Waals surface area contributed by atoms with Gasteiger partial charge in [0.15, 0.2) is 6.61 Å². The minimum atomic E-state index is -0.698. The van der Waals surface area contributed by atoms with Crippen molar-refractivity contribution in [2.45, 2.75) is 66.1 Å². The Morgan fingerprint density at radius 3 is 2.28 bits per heavy atom. The van der Waals surface area contributed by atoms with E-state index in [4.69, 9.17) is 27.9 Å². The van der Waals surface area contributed by atoms with E-state index in [0.717, 1.165) is 11.1 Å². The molecule has 0 aliphatic carbocycles. The van der Waals surface area contributed by atoms with Crippen molar-refractivity contribution in [3.05, 3.63) is 63.1 Å². The fourth-order valence-corrected chi connectivity index (χ4v) is 3.83. The molecule has 2 rings (SSSR count). The lowest BCUT2D eigenvalue weighted by Crippen LogP contribution is -2.54. The van der Waals surface area contributed by atoms with Crippen molar-refractivity contribution >= 4 is 35.0 Å². The molecule has 1 atom stereocenters. The lowest BCUT2D eigenvalue weighted by molar-refractivity contribution is -0.143. The molecule has 0 unspecified atom stereocenters. The second kappa shape index (κ2) is 11.1. The van der Waals surface area contributed by atoms with Crippen molar-refractivity contribution in [1.82, 2.24) is 10.2 Å². The summed E-state index contributed by atoms with van der Waals surface area (Å²) in [4.78, 5) is 27.9. The van der Waals surface area contributed by atoms with Crippen molar-refractivity contribution in [1.29, 1.82) is 0 Å². The van der Waals surface area contributed by atoms with Crippen LogP contribution in [-0.4, -0.2) is 34.9 Å². The summed E-state index contributed by atoms with van der Waals surface area (Å²) in [5.74, 6) is 0.0855. The summed E-state index contributed by atoms with van der Waals surface area (Å²) in [5, 5.41) is 3.85. The Labute approximate surface area is 201 Å². The van der Waals surface area contributed by atoms with Crippen LogP contribution in [-0.2, 0) is 16.1 Å². The highest BCUT2D eigenvalue weighted by Crippen LogP contribution is 2.27. The van der Waals surface area contributed by atoms with Crippen LogP contribution in [0, 0.1) is 13.8 Å². The Morgan fingerprint density at radius 2 is 1.72 bits per heavy atom. The smallest absolute Gasteiger partial charge is 0.261 e. The zero-order valence-electron chi connectivity index (χ0n) is 19.6. The van der Waals surface area contributed by atoms with Crippen LogP contribution in [0.15, 0.2) is 36.4 Å². The van der Waals surface area contributed by atoms with Crippen LogP contribution in [0.3, 0.4) is 0 Å². The summed E-state index contributed by atoms with van der Waals surface area (Å²) in [6.07, 6.45) is 0.430. The normalized spacial score (nSPS) is 12.2. The zero-order valence-corrected chi connectivity index (χ0v) is 21.1. The molecule has 2 amide bonds. The molecule has 0 saturated carbocycles. The molecule has 0 fully saturated rings. The van der Waals surface area contributed by atoms with Crippen molar-refractivity contribution in [2.75, 3.05) is 6.61 Å². The first-order valence-corrected chi connectivity index (χ1v) is 11.4. The number of amides is 2. The summed E-state index contributed by atoms with van der Waals surface area (Å²) < 4.78 is 5.84. The Hall–Kier alpha value is -2.24. The SMILES string of the molecule is CC[C@@H](C(=O)NC(C)(C)C)N(Cc1c(Cl)cccc1Cl)C(=O)COc1cc(C)ccc1C. The molecule has 5 nitrogen and oxygen atoms in total. The molecule has 0 saturated heterocycles. The first-order chi connectivity index (χ1) is 14.9. The summed E-state index contributed by atoms with van der Waals surface area (Å²) in [5.41, 5.74) is 2.13. The lowest BCUT2D eigenvalue weighted by atomic mass is 10.1. The monoisotopic (exact) mass is 478 g/mol. The zero-order chi connectivity index (χ0) is 24.1. The van der Waals surface area contributed by atoms with Crippen LogP contribution < -0.4 is 10.1 Å². The number of hydrogen-bond donors (Lipinski definition) is 1. The van der Waals surface area contributed by atoms with Crippen LogP contribution in [0.5, 0.6) is 5.75 Å². The Bertz CT molecular complexity index is 950. The van der Waals surface area contributed by atoms with E-state index < -0.39 is 11.6 Å². The number of carbonyl (C=O) groups is 2. The summed E-state index contributed by atoms with van der Waals surface area (Å²) in [7, 11) is 0. The van der Waals surface area contributed by atoms with Gasteiger partial charge in [0, 0.05) is 27.7 Å². The van der Waals surface area contributed by atoms with Gasteiger partial charge in [-0.15, -0.1) is 0 Å². The third-order valence-electron chi connectivity index (χ3n) is 4.97. The number of rotatable bonds is 8. The fraction of sp³-hybridized carbons (Fsp3) is 0.440. The number of nitrogens with zero attached hydrogens (tertiary/aromatic N) is 1. The maximum Gasteiger partial charge on any atom is 0.261 e. The van der Waals surface area contributed by atoms with Crippen molar-refractivity contribution in [3.63, 3.8) is 0 Å². The molecule has 174 valence electrons. The minimum absolute atomic E-state index is 0.101. The van der Waals surface area contributed by atoms with Gasteiger partial charge in [-0.3, -0.25) is 9.59 Å². The molecule has 0 bridgehead atoms. The highest BCUT2D eigenvalue weighted by Gasteiger charge is 2.31. The van der Waals surface area contributed by atoms with Gasteiger partial charge in [0.1, 0.15) is 11.8 Å².